The van der Waals surface area contributed by atoms with Crippen molar-refractivity contribution in [2.45, 2.75) is 19.9 Å². The molecule has 104 valence electrons. The molecule has 0 aliphatic heterocycles. The van der Waals surface area contributed by atoms with Gasteiger partial charge in [-0.25, -0.2) is 14.2 Å². The summed E-state index contributed by atoms with van der Waals surface area (Å²) in [6.45, 7) is 3.59. The van der Waals surface area contributed by atoms with Crippen molar-refractivity contribution in [3.8, 4) is 0 Å². The first-order valence-electron chi connectivity index (χ1n) is 6.19. The van der Waals surface area contributed by atoms with E-state index in [1.807, 2.05) is 6.92 Å². The Morgan fingerprint density at radius 2 is 2.10 bits per heavy atom. The molecule has 0 spiro atoms. The van der Waals surface area contributed by atoms with Crippen molar-refractivity contribution in [1.29, 1.82) is 0 Å². The fourth-order valence-electron chi connectivity index (χ4n) is 1.95. The van der Waals surface area contributed by atoms with Gasteiger partial charge in [0.15, 0.2) is 0 Å². The third kappa shape index (κ3) is 3.32. The number of aryl methyl sites for hydroxylation is 1. The van der Waals surface area contributed by atoms with Gasteiger partial charge in [-0.3, -0.25) is 0 Å². The molecule has 0 aliphatic carbocycles. The zero-order valence-electron chi connectivity index (χ0n) is 11.2. The molecule has 2 aromatic rings. The smallest absolute Gasteiger partial charge is 0.335 e. The summed E-state index contributed by atoms with van der Waals surface area (Å²) in [5.41, 5.74) is 1.55. The third-order valence-corrected chi connectivity index (χ3v) is 2.91. The van der Waals surface area contributed by atoms with Gasteiger partial charge in [0.1, 0.15) is 11.6 Å². The normalized spacial score (nSPS) is 11.9. The van der Waals surface area contributed by atoms with Gasteiger partial charge >= 0.3 is 5.97 Å². The number of nitrogens with zero attached hydrogens (tertiary/aromatic N) is 1. The summed E-state index contributed by atoms with van der Waals surface area (Å²) in [4.78, 5) is 15.2. The molecule has 1 unspecified atom stereocenters. The van der Waals surface area contributed by atoms with Gasteiger partial charge < -0.3 is 10.4 Å². The molecule has 0 fully saturated rings. The average molecular weight is 274 g/mol. The van der Waals surface area contributed by atoms with E-state index in [0.29, 0.717) is 11.5 Å². The molecule has 5 heteroatoms. The van der Waals surface area contributed by atoms with Crippen LogP contribution in [-0.2, 0) is 0 Å². The number of nitrogens with one attached hydrogen (secondary N) is 1. The van der Waals surface area contributed by atoms with Crippen molar-refractivity contribution in [3.05, 3.63) is 59.0 Å². The quantitative estimate of drug-likeness (QED) is 0.897. The summed E-state index contributed by atoms with van der Waals surface area (Å²) in [6, 6.07) is 9.03. The second-order valence-corrected chi connectivity index (χ2v) is 4.61. The van der Waals surface area contributed by atoms with Gasteiger partial charge in [0.25, 0.3) is 0 Å². The Morgan fingerprint density at radius 3 is 2.75 bits per heavy atom. The predicted molar refractivity (Wildman–Crippen MR) is 74.4 cm³/mol. The highest BCUT2D eigenvalue weighted by atomic mass is 19.1. The van der Waals surface area contributed by atoms with E-state index in [0.717, 1.165) is 5.56 Å². The molecule has 1 atom stereocenters. The van der Waals surface area contributed by atoms with Crippen LogP contribution in [0, 0.1) is 12.7 Å². The lowest BCUT2D eigenvalue weighted by molar-refractivity contribution is 0.0696. The third-order valence-electron chi connectivity index (χ3n) is 2.91. The number of rotatable bonds is 4. The van der Waals surface area contributed by atoms with Crippen molar-refractivity contribution in [2.24, 2.45) is 0 Å². The first kappa shape index (κ1) is 14.0. The van der Waals surface area contributed by atoms with Crippen LogP contribution in [0.4, 0.5) is 10.2 Å². The summed E-state index contributed by atoms with van der Waals surface area (Å²) in [7, 11) is 0. The highest BCUT2D eigenvalue weighted by Gasteiger charge is 2.10. The minimum absolute atomic E-state index is 0.173. The Kier molecular flexibility index (Phi) is 3.98. The van der Waals surface area contributed by atoms with E-state index >= 15 is 0 Å². The molecule has 4 nitrogen and oxygen atoms in total. The number of carbonyl (C=O) groups is 1. The Morgan fingerprint density at radius 1 is 1.35 bits per heavy atom. The van der Waals surface area contributed by atoms with Crippen molar-refractivity contribution in [2.75, 3.05) is 5.32 Å². The minimum atomic E-state index is -1.00. The Hall–Kier alpha value is -2.43. The van der Waals surface area contributed by atoms with Crippen molar-refractivity contribution >= 4 is 11.8 Å². The second-order valence-electron chi connectivity index (χ2n) is 4.61. The van der Waals surface area contributed by atoms with E-state index in [4.69, 9.17) is 5.11 Å². The topological polar surface area (TPSA) is 62.2 Å². The number of aromatic nitrogens is 1. The van der Waals surface area contributed by atoms with Gasteiger partial charge in [-0.15, -0.1) is 0 Å². The van der Waals surface area contributed by atoms with Crippen LogP contribution in [0.25, 0.3) is 0 Å². The van der Waals surface area contributed by atoms with E-state index in [2.05, 4.69) is 10.3 Å². The van der Waals surface area contributed by atoms with Crippen LogP contribution in [0.5, 0.6) is 0 Å². The van der Waals surface area contributed by atoms with Crippen LogP contribution in [0.2, 0.25) is 0 Å². The standard InChI is InChI=1S/C15H15FN2O2/c1-9-6-12(15(19)20)8-14(17-9)18-10(2)11-4-3-5-13(16)7-11/h3-8,10H,1-2H3,(H,17,18)(H,19,20). The fraction of sp³-hybridized carbons (Fsp3) is 0.200. The zero-order valence-corrected chi connectivity index (χ0v) is 11.2. The second kappa shape index (κ2) is 5.69. The predicted octanol–water partition coefficient (Wildman–Crippen LogP) is 3.40. The number of hydrogen-bond donors (Lipinski definition) is 2. The lowest BCUT2D eigenvalue weighted by atomic mass is 10.1. The SMILES string of the molecule is Cc1cc(C(=O)O)cc(NC(C)c2cccc(F)c2)n1. The molecular formula is C15H15FN2O2. The molecule has 2 N–H and O–H groups in total. The lowest BCUT2D eigenvalue weighted by Crippen LogP contribution is -2.10. The van der Waals surface area contributed by atoms with Gasteiger partial charge in [0, 0.05) is 5.69 Å². The summed E-state index contributed by atoms with van der Waals surface area (Å²) >= 11 is 0. The van der Waals surface area contributed by atoms with E-state index in [1.165, 1.54) is 24.3 Å². The van der Waals surface area contributed by atoms with Crippen LogP contribution in [0.1, 0.15) is 34.6 Å². The van der Waals surface area contributed by atoms with Crippen LogP contribution in [0.15, 0.2) is 36.4 Å². The fourth-order valence-corrected chi connectivity index (χ4v) is 1.95. The minimum Gasteiger partial charge on any atom is -0.478 e. The zero-order chi connectivity index (χ0) is 14.7. The molecule has 1 aromatic heterocycles. The van der Waals surface area contributed by atoms with Crippen LogP contribution >= 0.6 is 0 Å². The average Bonchev–Trinajstić information content (AvgIpc) is 2.37. The highest BCUT2D eigenvalue weighted by Crippen LogP contribution is 2.20. The van der Waals surface area contributed by atoms with E-state index in [-0.39, 0.29) is 17.4 Å². The molecule has 20 heavy (non-hydrogen) atoms. The molecule has 2 rings (SSSR count). The maximum atomic E-state index is 13.2. The molecule has 0 amide bonds. The molecule has 0 aliphatic rings. The van der Waals surface area contributed by atoms with Gasteiger partial charge in [0.2, 0.25) is 0 Å². The number of aromatic carboxylic acids is 1. The molecule has 0 saturated carbocycles. The number of pyridine rings is 1. The maximum absolute atomic E-state index is 13.2. The summed E-state index contributed by atoms with van der Waals surface area (Å²) in [5.74, 6) is -0.851. The van der Waals surface area contributed by atoms with E-state index in [9.17, 15) is 9.18 Å². The molecule has 0 radical (unpaired) electrons. The maximum Gasteiger partial charge on any atom is 0.335 e. The Balaban J connectivity index is 2.23. The van der Waals surface area contributed by atoms with Crippen LogP contribution < -0.4 is 5.32 Å². The monoisotopic (exact) mass is 274 g/mol. The first-order chi connectivity index (χ1) is 9.45. The highest BCUT2D eigenvalue weighted by molar-refractivity contribution is 5.88. The number of hydrogen-bond acceptors (Lipinski definition) is 3. The number of carboxylic acids is 1. The molecule has 0 saturated heterocycles. The summed E-state index contributed by atoms with van der Waals surface area (Å²) in [6.07, 6.45) is 0. The first-order valence-corrected chi connectivity index (χ1v) is 6.19. The van der Waals surface area contributed by atoms with Gasteiger partial charge in [-0.05, 0) is 43.7 Å². The van der Waals surface area contributed by atoms with Gasteiger partial charge in [0.05, 0.1) is 11.6 Å². The van der Waals surface area contributed by atoms with Crippen molar-refractivity contribution < 1.29 is 14.3 Å². The Labute approximate surface area is 116 Å². The van der Waals surface area contributed by atoms with Crippen LogP contribution in [-0.4, -0.2) is 16.1 Å². The summed E-state index contributed by atoms with van der Waals surface area (Å²) < 4.78 is 13.2. The van der Waals surface area contributed by atoms with Gasteiger partial charge in [-0.2, -0.15) is 0 Å². The molecular weight excluding hydrogens is 259 g/mol. The van der Waals surface area contributed by atoms with Crippen LogP contribution in [0.3, 0.4) is 0 Å². The number of anilines is 1. The van der Waals surface area contributed by atoms with E-state index in [1.54, 1.807) is 19.1 Å². The molecule has 1 heterocycles. The number of carboxylic acid groups (broad SMARTS) is 1. The number of halogens is 1. The van der Waals surface area contributed by atoms with Crippen molar-refractivity contribution in [1.82, 2.24) is 4.98 Å². The molecule has 0 bridgehead atoms. The Bertz CT molecular complexity index is 644. The number of benzene rings is 1. The van der Waals surface area contributed by atoms with Gasteiger partial charge in [-0.1, -0.05) is 12.1 Å². The molecule has 1 aromatic carbocycles. The lowest BCUT2D eigenvalue weighted by Gasteiger charge is -2.15. The van der Waals surface area contributed by atoms with E-state index < -0.39 is 5.97 Å². The van der Waals surface area contributed by atoms with Crippen molar-refractivity contribution in [3.63, 3.8) is 0 Å². The largest absolute Gasteiger partial charge is 0.478 e. The summed E-state index contributed by atoms with van der Waals surface area (Å²) in [5, 5.41) is 12.1.